The highest BCUT2D eigenvalue weighted by Crippen LogP contribution is 2.40. The molecule has 0 saturated heterocycles. The van der Waals surface area contributed by atoms with Crippen LogP contribution in [0.3, 0.4) is 0 Å². The Kier molecular flexibility index (Phi) is 8.83. The topological polar surface area (TPSA) is 101 Å². The summed E-state index contributed by atoms with van der Waals surface area (Å²) >= 11 is 0. The zero-order valence-corrected chi connectivity index (χ0v) is 21.0. The molecule has 3 aromatic rings. The van der Waals surface area contributed by atoms with E-state index in [4.69, 9.17) is 29.4 Å². The van der Waals surface area contributed by atoms with Crippen LogP contribution in [0.2, 0.25) is 0 Å². The van der Waals surface area contributed by atoms with Crippen LogP contribution in [-0.2, 0) is 4.79 Å². The van der Waals surface area contributed by atoms with E-state index in [0.29, 0.717) is 45.7 Å². The first-order valence-electron chi connectivity index (χ1n) is 11.0. The minimum atomic E-state index is -0.333. The number of methoxy groups -OCH3 is 5. The summed E-state index contributed by atoms with van der Waals surface area (Å²) in [4.78, 5) is 12.8. The molecular weight excluding hydrogens is 460 g/mol. The number of benzene rings is 3. The molecule has 0 spiro atoms. The second kappa shape index (κ2) is 12.2. The van der Waals surface area contributed by atoms with Crippen LogP contribution in [-0.4, -0.2) is 41.5 Å². The van der Waals surface area contributed by atoms with E-state index >= 15 is 0 Å². The molecule has 36 heavy (non-hydrogen) atoms. The van der Waals surface area contributed by atoms with Gasteiger partial charge in [0.25, 0.3) is 0 Å². The van der Waals surface area contributed by atoms with Gasteiger partial charge in [-0.3, -0.25) is 4.79 Å². The van der Waals surface area contributed by atoms with Crippen molar-refractivity contribution in [2.75, 3.05) is 46.6 Å². The van der Waals surface area contributed by atoms with Gasteiger partial charge in [0.05, 0.1) is 41.2 Å². The molecule has 8 heteroatoms. The van der Waals surface area contributed by atoms with Crippen molar-refractivity contribution in [1.82, 2.24) is 0 Å². The maximum atomic E-state index is 12.8. The van der Waals surface area contributed by atoms with Crippen molar-refractivity contribution in [1.29, 1.82) is 0 Å². The standard InChI is InChI=1S/C28H30N2O6/c1-32-22-14-11-20(10-6-19-16-23(33-2)27(35-4)24(17-19)34-3)26(28(22)36-5)30-25(31)15-9-18-7-12-21(29)13-8-18/h6-17H,29H2,1-5H3,(H,30,31)/b10-6?,15-9+. The minimum absolute atomic E-state index is 0.333. The van der Waals surface area contributed by atoms with Crippen molar-refractivity contribution in [3.05, 3.63) is 71.3 Å². The minimum Gasteiger partial charge on any atom is -0.493 e. The van der Waals surface area contributed by atoms with Crippen molar-refractivity contribution in [3.8, 4) is 28.7 Å². The Morgan fingerprint density at radius 3 is 1.86 bits per heavy atom. The molecule has 0 fully saturated rings. The highest BCUT2D eigenvalue weighted by molar-refractivity contribution is 6.04. The van der Waals surface area contributed by atoms with Crippen LogP contribution in [0, 0.1) is 0 Å². The third-order valence-electron chi connectivity index (χ3n) is 5.33. The number of anilines is 2. The van der Waals surface area contributed by atoms with Crippen molar-refractivity contribution in [2.45, 2.75) is 0 Å². The number of amides is 1. The molecule has 0 aromatic heterocycles. The molecular formula is C28H30N2O6. The fraction of sp³-hybridized carbons (Fsp3) is 0.179. The third-order valence-corrected chi connectivity index (χ3v) is 5.33. The first-order chi connectivity index (χ1) is 17.4. The summed E-state index contributed by atoms with van der Waals surface area (Å²) in [6, 6.07) is 14.5. The molecule has 3 rings (SSSR count). The van der Waals surface area contributed by atoms with Gasteiger partial charge in [0, 0.05) is 17.3 Å². The van der Waals surface area contributed by atoms with Gasteiger partial charge in [-0.2, -0.15) is 0 Å². The van der Waals surface area contributed by atoms with Gasteiger partial charge in [-0.25, -0.2) is 0 Å². The number of hydrogen-bond acceptors (Lipinski definition) is 7. The molecule has 0 aliphatic rings. The van der Waals surface area contributed by atoms with Gasteiger partial charge in [-0.15, -0.1) is 0 Å². The number of carbonyl (C=O) groups excluding carboxylic acids is 1. The largest absolute Gasteiger partial charge is 0.493 e. The number of nitrogen functional groups attached to an aromatic ring is 1. The van der Waals surface area contributed by atoms with E-state index in [-0.39, 0.29) is 5.91 Å². The van der Waals surface area contributed by atoms with Crippen molar-refractivity contribution < 1.29 is 28.5 Å². The first-order valence-corrected chi connectivity index (χ1v) is 11.0. The van der Waals surface area contributed by atoms with Gasteiger partial charge in [-0.05, 0) is 53.6 Å². The van der Waals surface area contributed by atoms with Gasteiger partial charge < -0.3 is 34.7 Å². The highest BCUT2D eigenvalue weighted by atomic mass is 16.5. The monoisotopic (exact) mass is 490 g/mol. The lowest BCUT2D eigenvalue weighted by Crippen LogP contribution is -2.11. The summed E-state index contributed by atoms with van der Waals surface area (Å²) in [6.07, 6.45) is 6.86. The van der Waals surface area contributed by atoms with Crippen molar-refractivity contribution in [3.63, 3.8) is 0 Å². The molecule has 0 bridgehead atoms. The van der Waals surface area contributed by atoms with Crippen molar-refractivity contribution in [2.24, 2.45) is 0 Å². The second-order valence-corrected chi connectivity index (χ2v) is 7.55. The van der Waals surface area contributed by atoms with E-state index in [9.17, 15) is 4.79 Å². The quantitative estimate of drug-likeness (QED) is 0.231. The smallest absolute Gasteiger partial charge is 0.248 e. The molecule has 3 N–H and O–H groups in total. The number of carbonyl (C=O) groups is 1. The van der Waals surface area contributed by atoms with E-state index in [2.05, 4.69) is 5.32 Å². The predicted molar refractivity (Wildman–Crippen MR) is 143 cm³/mol. The molecule has 188 valence electrons. The van der Waals surface area contributed by atoms with Crippen LogP contribution >= 0.6 is 0 Å². The zero-order chi connectivity index (χ0) is 26.1. The Morgan fingerprint density at radius 2 is 1.31 bits per heavy atom. The maximum Gasteiger partial charge on any atom is 0.248 e. The third kappa shape index (κ3) is 6.09. The zero-order valence-electron chi connectivity index (χ0n) is 21.0. The Balaban J connectivity index is 1.96. The predicted octanol–water partition coefficient (Wildman–Crippen LogP) is 5.13. The van der Waals surface area contributed by atoms with Crippen LogP contribution < -0.4 is 34.7 Å². The average molecular weight is 491 g/mol. The van der Waals surface area contributed by atoms with Gasteiger partial charge in [0.1, 0.15) is 0 Å². The Labute approximate surface area is 210 Å². The van der Waals surface area contributed by atoms with E-state index < -0.39 is 0 Å². The summed E-state index contributed by atoms with van der Waals surface area (Å²) in [6.45, 7) is 0. The Hall–Kier alpha value is -4.59. The first kappa shape index (κ1) is 26.0. The average Bonchev–Trinajstić information content (AvgIpc) is 2.90. The lowest BCUT2D eigenvalue weighted by molar-refractivity contribution is -0.111. The number of rotatable bonds is 10. The van der Waals surface area contributed by atoms with Crippen LogP contribution in [0.5, 0.6) is 28.7 Å². The number of ether oxygens (including phenoxy) is 5. The van der Waals surface area contributed by atoms with Crippen LogP contribution in [0.4, 0.5) is 11.4 Å². The molecule has 0 aliphatic heterocycles. The number of hydrogen-bond donors (Lipinski definition) is 2. The van der Waals surface area contributed by atoms with Crippen LogP contribution in [0.1, 0.15) is 16.7 Å². The lowest BCUT2D eigenvalue weighted by atomic mass is 10.1. The van der Waals surface area contributed by atoms with Gasteiger partial charge >= 0.3 is 0 Å². The number of nitrogens with one attached hydrogen (secondary N) is 1. The summed E-state index contributed by atoms with van der Waals surface area (Å²) in [7, 11) is 7.73. The summed E-state index contributed by atoms with van der Waals surface area (Å²) in [5, 5.41) is 2.91. The normalized spacial score (nSPS) is 10.9. The highest BCUT2D eigenvalue weighted by Gasteiger charge is 2.16. The Bertz CT molecular complexity index is 1240. The molecule has 0 aliphatic carbocycles. The van der Waals surface area contributed by atoms with Crippen molar-refractivity contribution >= 4 is 35.5 Å². The molecule has 0 radical (unpaired) electrons. The summed E-state index contributed by atoms with van der Waals surface area (Å²) < 4.78 is 27.3. The van der Waals surface area contributed by atoms with Gasteiger partial charge in [0.2, 0.25) is 11.7 Å². The van der Waals surface area contributed by atoms with Gasteiger partial charge in [-0.1, -0.05) is 24.3 Å². The molecule has 1 amide bonds. The lowest BCUT2D eigenvalue weighted by Gasteiger charge is -2.16. The van der Waals surface area contributed by atoms with Crippen LogP contribution in [0.15, 0.2) is 54.6 Å². The fourth-order valence-electron chi connectivity index (χ4n) is 3.54. The Morgan fingerprint density at radius 1 is 0.694 bits per heavy atom. The second-order valence-electron chi connectivity index (χ2n) is 7.55. The fourth-order valence-corrected chi connectivity index (χ4v) is 3.54. The molecule has 0 unspecified atom stereocenters. The van der Waals surface area contributed by atoms with E-state index in [1.807, 2.05) is 42.5 Å². The number of nitrogens with two attached hydrogens (primary N) is 1. The molecule has 0 heterocycles. The van der Waals surface area contributed by atoms with E-state index in [1.54, 1.807) is 45.6 Å². The summed E-state index contributed by atoms with van der Waals surface area (Å²) in [5.74, 6) is 2.12. The molecule has 0 atom stereocenters. The summed E-state index contributed by atoms with van der Waals surface area (Å²) in [5.41, 5.74) is 9.20. The molecule has 8 nitrogen and oxygen atoms in total. The molecule has 0 saturated carbocycles. The SMILES string of the molecule is COc1cc(C=Cc2ccc(OC)c(OC)c2NC(=O)/C=C/c2ccc(N)cc2)cc(OC)c1OC. The molecule has 3 aromatic carbocycles. The van der Waals surface area contributed by atoms with E-state index in [0.717, 1.165) is 11.1 Å². The van der Waals surface area contributed by atoms with E-state index in [1.165, 1.54) is 20.3 Å². The van der Waals surface area contributed by atoms with Crippen LogP contribution in [0.25, 0.3) is 18.2 Å². The maximum absolute atomic E-state index is 12.8. The van der Waals surface area contributed by atoms with Gasteiger partial charge in [0.15, 0.2) is 23.0 Å².